The van der Waals surface area contributed by atoms with E-state index in [1.165, 1.54) is 7.11 Å². The third-order valence-corrected chi connectivity index (χ3v) is 2.29. The molecule has 0 bridgehead atoms. The fraction of sp³-hybridized carbons (Fsp3) is 0.385. The maximum atomic E-state index is 11.8. The van der Waals surface area contributed by atoms with Crippen LogP contribution >= 0.6 is 0 Å². The van der Waals surface area contributed by atoms with Crippen molar-refractivity contribution in [3.05, 3.63) is 35.9 Å². The Balaban J connectivity index is 2.56. The van der Waals surface area contributed by atoms with E-state index in [9.17, 15) is 9.59 Å². The van der Waals surface area contributed by atoms with Crippen molar-refractivity contribution in [2.45, 2.75) is 13.0 Å². The van der Waals surface area contributed by atoms with Crippen LogP contribution in [0.15, 0.2) is 30.3 Å². The maximum absolute atomic E-state index is 11.8. The van der Waals surface area contributed by atoms with Crippen LogP contribution in [0.25, 0.3) is 0 Å². The first-order valence-electron chi connectivity index (χ1n) is 5.70. The molecule has 0 fully saturated rings. The molecule has 0 aliphatic rings. The van der Waals surface area contributed by atoms with E-state index >= 15 is 0 Å². The van der Waals surface area contributed by atoms with Gasteiger partial charge in [0.1, 0.15) is 6.54 Å². The highest BCUT2D eigenvalue weighted by Crippen LogP contribution is 2.15. The molecule has 5 nitrogen and oxygen atoms in total. The molecule has 1 unspecified atom stereocenters. The van der Waals surface area contributed by atoms with Crippen LogP contribution in [0.2, 0.25) is 0 Å². The standard InChI is InChI=1S/C13H17NO4/c1-3-18-11(15)9-14-13(16)12(17-2)10-7-5-4-6-8-10/h4-8,12H,3,9H2,1-2H3,(H,14,16). The van der Waals surface area contributed by atoms with Gasteiger partial charge in [0.25, 0.3) is 5.91 Å². The monoisotopic (exact) mass is 251 g/mol. The molecule has 98 valence electrons. The Morgan fingerprint density at radius 2 is 1.94 bits per heavy atom. The van der Waals surface area contributed by atoms with Crippen LogP contribution in [-0.2, 0) is 19.1 Å². The van der Waals surface area contributed by atoms with E-state index in [0.29, 0.717) is 6.61 Å². The lowest BCUT2D eigenvalue weighted by Gasteiger charge is -2.15. The number of hydrogen-bond donors (Lipinski definition) is 1. The number of hydrogen-bond acceptors (Lipinski definition) is 4. The Kier molecular flexibility index (Phi) is 5.87. The number of amides is 1. The smallest absolute Gasteiger partial charge is 0.325 e. The molecule has 0 aromatic heterocycles. The predicted octanol–water partition coefficient (Wildman–Crippen LogP) is 1.05. The lowest BCUT2D eigenvalue weighted by atomic mass is 10.1. The fourth-order valence-electron chi connectivity index (χ4n) is 1.49. The minimum Gasteiger partial charge on any atom is -0.465 e. The average Bonchev–Trinajstić information content (AvgIpc) is 2.39. The zero-order chi connectivity index (χ0) is 13.4. The van der Waals surface area contributed by atoms with Crippen LogP contribution in [0.3, 0.4) is 0 Å². The van der Waals surface area contributed by atoms with E-state index in [2.05, 4.69) is 5.32 Å². The molecule has 1 aromatic rings. The van der Waals surface area contributed by atoms with E-state index in [1.54, 1.807) is 19.1 Å². The van der Waals surface area contributed by atoms with Gasteiger partial charge in [-0.25, -0.2) is 0 Å². The minimum atomic E-state index is -0.722. The Hall–Kier alpha value is -1.88. The molecular formula is C13H17NO4. The second kappa shape index (κ2) is 7.45. The summed E-state index contributed by atoms with van der Waals surface area (Å²) in [6, 6.07) is 9.07. The number of rotatable bonds is 6. The van der Waals surface area contributed by atoms with Crippen molar-refractivity contribution in [2.75, 3.05) is 20.3 Å². The van der Waals surface area contributed by atoms with Gasteiger partial charge in [0.2, 0.25) is 0 Å². The molecule has 18 heavy (non-hydrogen) atoms. The maximum Gasteiger partial charge on any atom is 0.325 e. The summed E-state index contributed by atoms with van der Waals surface area (Å²) in [5, 5.41) is 2.48. The molecule has 0 aliphatic heterocycles. The third-order valence-electron chi connectivity index (χ3n) is 2.29. The third kappa shape index (κ3) is 4.18. The van der Waals surface area contributed by atoms with E-state index in [1.807, 2.05) is 18.2 Å². The van der Waals surface area contributed by atoms with Crippen LogP contribution in [0, 0.1) is 0 Å². The summed E-state index contributed by atoms with van der Waals surface area (Å²) in [7, 11) is 1.45. The molecule has 1 amide bonds. The van der Waals surface area contributed by atoms with Gasteiger partial charge in [-0.05, 0) is 12.5 Å². The van der Waals surface area contributed by atoms with Crippen LogP contribution < -0.4 is 5.32 Å². The quantitative estimate of drug-likeness (QED) is 0.768. The van der Waals surface area contributed by atoms with E-state index in [4.69, 9.17) is 9.47 Å². The Morgan fingerprint density at radius 3 is 2.50 bits per heavy atom. The van der Waals surface area contributed by atoms with Crippen molar-refractivity contribution in [3.8, 4) is 0 Å². The summed E-state index contributed by atoms with van der Waals surface area (Å²) in [5.74, 6) is -0.828. The van der Waals surface area contributed by atoms with Gasteiger partial charge in [-0.1, -0.05) is 30.3 Å². The molecule has 0 radical (unpaired) electrons. The normalized spacial score (nSPS) is 11.7. The number of benzene rings is 1. The second-order valence-corrected chi connectivity index (χ2v) is 3.55. The second-order valence-electron chi connectivity index (χ2n) is 3.55. The molecule has 1 atom stereocenters. The first kappa shape index (κ1) is 14.2. The highest BCUT2D eigenvalue weighted by Gasteiger charge is 2.20. The van der Waals surface area contributed by atoms with Crippen molar-refractivity contribution in [1.82, 2.24) is 5.32 Å². The summed E-state index contributed by atoms with van der Waals surface area (Å²) >= 11 is 0. The number of carbonyl (C=O) groups is 2. The molecule has 1 N–H and O–H groups in total. The zero-order valence-electron chi connectivity index (χ0n) is 10.5. The van der Waals surface area contributed by atoms with Crippen molar-refractivity contribution in [1.29, 1.82) is 0 Å². The number of ether oxygens (including phenoxy) is 2. The number of carbonyl (C=O) groups excluding carboxylic acids is 2. The molecular weight excluding hydrogens is 234 g/mol. The van der Waals surface area contributed by atoms with Gasteiger partial charge in [0.05, 0.1) is 6.61 Å². The van der Waals surface area contributed by atoms with Gasteiger partial charge in [-0.2, -0.15) is 0 Å². The summed E-state index contributed by atoms with van der Waals surface area (Å²) in [6.07, 6.45) is -0.722. The lowest BCUT2D eigenvalue weighted by Crippen LogP contribution is -2.35. The first-order valence-corrected chi connectivity index (χ1v) is 5.70. The van der Waals surface area contributed by atoms with Crippen LogP contribution in [0.5, 0.6) is 0 Å². The van der Waals surface area contributed by atoms with E-state index < -0.39 is 12.1 Å². The average molecular weight is 251 g/mol. The summed E-state index contributed by atoms with van der Waals surface area (Å²) in [6.45, 7) is 1.85. The van der Waals surface area contributed by atoms with Crippen molar-refractivity contribution in [3.63, 3.8) is 0 Å². The molecule has 0 spiro atoms. The molecule has 0 heterocycles. The van der Waals surface area contributed by atoms with E-state index in [-0.39, 0.29) is 12.5 Å². The van der Waals surface area contributed by atoms with Gasteiger partial charge in [0, 0.05) is 7.11 Å². The van der Waals surface area contributed by atoms with Crippen LogP contribution in [-0.4, -0.2) is 32.1 Å². The Bertz CT molecular complexity index is 391. The summed E-state index contributed by atoms with van der Waals surface area (Å²) in [5.41, 5.74) is 0.737. The highest BCUT2D eigenvalue weighted by molar-refractivity contribution is 5.85. The highest BCUT2D eigenvalue weighted by atomic mass is 16.5. The van der Waals surface area contributed by atoms with Crippen molar-refractivity contribution >= 4 is 11.9 Å². The molecule has 1 aromatic carbocycles. The van der Waals surface area contributed by atoms with Gasteiger partial charge in [-0.15, -0.1) is 0 Å². The number of nitrogens with one attached hydrogen (secondary N) is 1. The SMILES string of the molecule is CCOC(=O)CNC(=O)C(OC)c1ccccc1. The number of methoxy groups -OCH3 is 1. The largest absolute Gasteiger partial charge is 0.465 e. The molecule has 0 aliphatic carbocycles. The van der Waals surface area contributed by atoms with E-state index in [0.717, 1.165) is 5.56 Å². The van der Waals surface area contributed by atoms with Gasteiger partial charge >= 0.3 is 5.97 Å². The van der Waals surface area contributed by atoms with Crippen molar-refractivity contribution < 1.29 is 19.1 Å². The lowest BCUT2D eigenvalue weighted by molar-refractivity contribution is -0.144. The van der Waals surface area contributed by atoms with Crippen molar-refractivity contribution in [2.24, 2.45) is 0 Å². The van der Waals surface area contributed by atoms with Gasteiger partial charge in [-0.3, -0.25) is 9.59 Å². The molecule has 0 saturated heterocycles. The fourth-order valence-corrected chi connectivity index (χ4v) is 1.49. The molecule has 1 rings (SSSR count). The molecule has 5 heteroatoms. The Labute approximate surface area is 106 Å². The Morgan fingerprint density at radius 1 is 1.28 bits per heavy atom. The molecule has 0 saturated carbocycles. The first-order chi connectivity index (χ1) is 8.69. The van der Waals surface area contributed by atoms with Gasteiger partial charge < -0.3 is 14.8 Å². The van der Waals surface area contributed by atoms with Crippen LogP contribution in [0.1, 0.15) is 18.6 Å². The predicted molar refractivity (Wildman–Crippen MR) is 65.8 cm³/mol. The zero-order valence-corrected chi connectivity index (χ0v) is 10.5. The van der Waals surface area contributed by atoms with Crippen LogP contribution in [0.4, 0.5) is 0 Å². The summed E-state index contributed by atoms with van der Waals surface area (Å²) < 4.78 is 9.84. The number of esters is 1. The minimum absolute atomic E-state index is 0.153. The topological polar surface area (TPSA) is 64.6 Å². The summed E-state index contributed by atoms with van der Waals surface area (Å²) in [4.78, 5) is 23.0. The van der Waals surface area contributed by atoms with Gasteiger partial charge in [0.15, 0.2) is 6.10 Å².